The van der Waals surface area contributed by atoms with Crippen LogP contribution in [0.1, 0.15) is 25.3 Å². The average Bonchev–Trinajstić information content (AvgIpc) is 2.48. The van der Waals surface area contributed by atoms with Gasteiger partial charge in [-0.25, -0.2) is 18.5 Å². The number of H-pyrrole nitrogens is 1. The molecule has 0 amide bonds. The molecule has 0 fully saturated rings. The first-order chi connectivity index (χ1) is 11.1. The number of nitrogens with one attached hydrogen (secondary N) is 1. The van der Waals surface area contributed by atoms with Crippen LogP contribution in [0.3, 0.4) is 0 Å². The number of hydrogen-bond acceptors (Lipinski definition) is 7. The van der Waals surface area contributed by atoms with Crippen LogP contribution in [-0.4, -0.2) is 20.5 Å². The second-order valence-electron chi connectivity index (χ2n) is 5.38. The fourth-order valence-electron chi connectivity index (χ4n) is 2.11. The van der Waals surface area contributed by atoms with Crippen molar-refractivity contribution in [2.45, 2.75) is 24.7 Å². The van der Waals surface area contributed by atoms with Gasteiger partial charge in [0.2, 0.25) is 21.6 Å². The molecule has 2 rings (SSSR count). The number of nitrogens with two attached hydrogens (primary N) is 3. The zero-order chi connectivity index (χ0) is 18.1. The van der Waals surface area contributed by atoms with Crippen LogP contribution in [0.5, 0.6) is 17.2 Å². The van der Waals surface area contributed by atoms with E-state index in [2.05, 4.69) is 9.97 Å². The quantitative estimate of drug-likeness (QED) is 0.710. The van der Waals surface area contributed by atoms with E-state index in [9.17, 15) is 8.42 Å². The third-order valence-corrected chi connectivity index (χ3v) is 4.22. The van der Waals surface area contributed by atoms with Crippen molar-refractivity contribution in [1.82, 2.24) is 4.98 Å². The Morgan fingerprint density at radius 1 is 1.17 bits per heavy atom. The lowest BCUT2D eigenvalue weighted by Crippen LogP contribution is -2.15. The molecule has 0 saturated heterocycles. The van der Waals surface area contributed by atoms with E-state index in [4.69, 9.17) is 26.1 Å². The summed E-state index contributed by atoms with van der Waals surface area (Å²) in [6.07, 6.45) is 1.43. The highest BCUT2D eigenvalue weighted by atomic mass is 32.2. The maximum Gasteiger partial charge on any atom is 0.389 e. The molecule has 1 heterocycles. The van der Waals surface area contributed by atoms with E-state index in [1.54, 1.807) is 6.07 Å². The van der Waals surface area contributed by atoms with Gasteiger partial charge >= 0.3 is 5.95 Å². The second kappa shape index (κ2) is 6.49. The van der Waals surface area contributed by atoms with Gasteiger partial charge in [-0.3, -0.25) is 5.73 Å². The van der Waals surface area contributed by atoms with Gasteiger partial charge in [0, 0.05) is 11.6 Å². The molecule has 7 N–H and O–H groups in total. The Morgan fingerprint density at radius 2 is 1.83 bits per heavy atom. The van der Waals surface area contributed by atoms with Crippen LogP contribution in [0.4, 0.5) is 11.8 Å². The van der Waals surface area contributed by atoms with E-state index in [1.807, 2.05) is 13.8 Å². The van der Waals surface area contributed by atoms with E-state index in [0.717, 1.165) is 5.56 Å². The predicted molar refractivity (Wildman–Crippen MR) is 88.1 cm³/mol. The molecule has 0 saturated carbocycles. The highest BCUT2D eigenvalue weighted by Gasteiger charge is 2.22. The van der Waals surface area contributed by atoms with Crippen LogP contribution < -0.4 is 31.1 Å². The normalized spacial score (nSPS) is 11.5. The Morgan fingerprint density at radius 3 is 2.33 bits per heavy atom. The number of hydrogen-bond donors (Lipinski definition) is 3. The summed E-state index contributed by atoms with van der Waals surface area (Å²) < 4.78 is 34.5. The van der Waals surface area contributed by atoms with Gasteiger partial charge in [0.25, 0.3) is 0 Å². The summed E-state index contributed by atoms with van der Waals surface area (Å²) in [5, 5.41) is 5.25. The number of primary sulfonamides is 1. The monoisotopic (exact) mass is 354 g/mol. The number of methoxy groups -OCH3 is 1. The summed E-state index contributed by atoms with van der Waals surface area (Å²) in [6, 6.07) is 2.88. The van der Waals surface area contributed by atoms with Crippen LogP contribution in [0, 0.1) is 0 Å². The lowest BCUT2D eigenvalue weighted by Gasteiger charge is -2.17. The molecule has 1 aromatic carbocycles. The number of sulfonamides is 1. The van der Waals surface area contributed by atoms with Gasteiger partial charge in [-0.1, -0.05) is 13.8 Å². The topological polar surface area (TPSA) is 158 Å². The number of nitrogens with zero attached hydrogens (tertiary/aromatic N) is 1. The Bertz CT molecular complexity index is 868. The lowest BCUT2D eigenvalue weighted by molar-refractivity contribution is -0.365. The smallest absolute Gasteiger partial charge is 0.389 e. The maximum absolute atomic E-state index is 11.8. The molecule has 0 spiro atoms. The fraction of sp³-hybridized carbons (Fsp3) is 0.286. The minimum Gasteiger partial charge on any atom is -0.495 e. The summed E-state index contributed by atoms with van der Waals surface area (Å²) in [4.78, 5) is 6.34. The molecule has 0 bridgehead atoms. The molecule has 0 aliphatic rings. The predicted octanol–water partition coefficient (Wildman–Crippen LogP) is 0.632. The minimum absolute atomic E-state index is 0.0235. The number of aromatic nitrogens is 2. The molecule has 0 aliphatic carbocycles. The number of anilines is 2. The van der Waals surface area contributed by atoms with Crippen molar-refractivity contribution in [3.05, 3.63) is 23.9 Å². The molecule has 9 nitrogen and oxygen atoms in total. The van der Waals surface area contributed by atoms with Crippen molar-refractivity contribution in [1.29, 1.82) is 0 Å². The summed E-state index contributed by atoms with van der Waals surface area (Å²) in [5.41, 5.74) is 12.0. The van der Waals surface area contributed by atoms with Crippen molar-refractivity contribution >= 4 is 21.8 Å². The van der Waals surface area contributed by atoms with Crippen molar-refractivity contribution < 1.29 is 22.9 Å². The molecule has 0 atom stereocenters. The van der Waals surface area contributed by atoms with Crippen LogP contribution in [0.2, 0.25) is 0 Å². The SMILES string of the molecule is COc1cc(C(C)C)c(Oc2c[nH+]c(N)nc2N)cc1S(N)(=O)=O. The first-order valence-electron chi connectivity index (χ1n) is 6.99. The number of aromatic amines is 1. The third kappa shape index (κ3) is 3.66. The first-order valence-corrected chi connectivity index (χ1v) is 8.54. The lowest BCUT2D eigenvalue weighted by atomic mass is 10.0. The maximum atomic E-state index is 11.8. The summed E-state index contributed by atoms with van der Waals surface area (Å²) in [5.74, 6) is 0.842. The Labute approximate surface area is 139 Å². The number of benzene rings is 1. The van der Waals surface area contributed by atoms with Gasteiger partial charge in [0.05, 0.1) is 7.11 Å². The first kappa shape index (κ1) is 17.8. The second-order valence-corrected chi connectivity index (χ2v) is 6.91. The molecule has 2 aromatic rings. The van der Waals surface area contributed by atoms with Crippen LogP contribution in [0.25, 0.3) is 0 Å². The van der Waals surface area contributed by atoms with Gasteiger partial charge < -0.3 is 15.2 Å². The van der Waals surface area contributed by atoms with Crippen LogP contribution in [-0.2, 0) is 10.0 Å². The van der Waals surface area contributed by atoms with E-state index in [0.29, 0.717) is 0 Å². The Balaban J connectivity index is 2.62. The van der Waals surface area contributed by atoms with Gasteiger partial charge in [0.1, 0.15) is 22.6 Å². The zero-order valence-electron chi connectivity index (χ0n) is 13.5. The van der Waals surface area contributed by atoms with Crippen molar-refractivity contribution in [3.8, 4) is 17.2 Å². The van der Waals surface area contributed by atoms with Crippen LogP contribution >= 0.6 is 0 Å². The van der Waals surface area contributed by atoms with Gasteiger partial charge in [0.15, 0.2) is 0 Å². The zero-order valence-corrected chi connectivity index (χ0v) is 14.3. The van der Waals surface area contributed by atoms with E-state index in [-0.39, 0.29) is 39.8 Å². The summed E-state index contributed by atoms with van der Waals surface area (Å²) in [6.45, 7) is 3.85. The molecule has 0 aliphatic heterocycles. The minimum atomic E-state index is -4.00. The van der Waals surface area contributed by atoms with Gasteiger partial charge in [-0.2, -0.15) is 0 Å². The van der Waals surface area contributed by atoms with Crippen molar-refractivity contribution in [2.75, 3.05) is 18.6 Å². The van der Waals surface area contributed by atoms with Crippen molar-refractivity contribution in [3.63, 3.8) is 0 Å². The molecule has 130 valence electrons. The highest BCUT2D eigenvalue weighted by molar-refractivity contribution is 7.89. The van der Waals surface area contributed by atoms with Crippen molar-refractivity contribution in [2.24, 2.45) is 5.14 Å². The molecular formula is C14H20N5O4S+. The third-order valence-electron chi connectivity index (χ3n) is 3.29. The standard InChI is InChI=1S/C14H19N5O4S/c1-7(2)8-4-10(22-3)12(24(17,20)21)5-9(8)23-11-6-18-14(16)19-13(11)15/h4-7H,1-3H3,(H2,17,20,21)(H4,15,16,18,19)/p+1. The van der Waals surface area contributed by atoms with Gasteiger partial charge in [-0.05, 0) is 17.0 Å². The molecule has 10 heteroatoms. The molecular weight excluding hydrogens is 334 g/mol. The summed E-state index contributed by atoms with van der Waals surface area (Å²) in [7, 11) is -2.63. The highest BCUT2D eigenvalue weighted by Crippen LogP contribution is 2.38. The largest absolute Gasteiger partial charge is 0.495 e. The van der Waals surface area contributed by atoms with Gasteiger partial charge in [-0.15, -0.1) is 0 Å². The Hall–Kier alpha value is -2.59. The molecule has 24 heavy (non-hydrogen) atoms. The number of ether oxygens (including phenoxy) is 2. The molecule has 0 unspecified atom stereocenters. The Kier molecular flexibility index (Phi) is 4.81. The fourth-order valence-corrected chi connectivity index (χ4v) is 2.80. The summed E-state index contributed by atoms with van der Waals surface area (Å²) >= 11 is 0. The number of nitrogen functional groups attached to an aromatic ring is 2. The molecule has 0 radical (unpaired) electrons. The molecule has 1 aromatic heterocycles. The average molecular weight is 354 g/mol. The number of rotatable bonds is 5. The van der Waals surface area contributed by atoms with Crippen LogP contribution in [0.15, 0.2) is 23.2 Å². The van der Waals surface area contributed by atoms with E-state index in [1.165, 1.54) is 19.4 Å². The van der Waals surface area contributed by atoms with E-state index >= 15 is 0 Å². The van der Waals surface area contributed by atoms with E-state index < -0.39 is 10.0 Å².